The molecule has 0 saturated heterocycles. The van der Waals surface area contributed by atoms with Crippen molar-refractivity contribution in [1.29, 1.82) is 0 Å². The first-order chi connectivity index (χ1) is 11.6. The van der Waals surface area contributed by atoms with Gasteiger partial charge in [0.15, 0.2) is 5.78 Å². The van der Waals surface area contributed by atoms with Gasteiger partial charge in [-0.1, -0.05) is 20.8 Å². The Kier molecular flexibility index (Phi) is 3.99. The van der Waals surface area contributed by atoms with Gasteiger partial charge in [0.1, 0.15) is 5.60 Å². The molecule has 0 bridgehead atoms. The molecule has 0 spiro atoms. The normalized spacial score (nSPS) is 58.2. The van der Waals surface area contributed by atoms with Crippen LogP contribution in [0.2, 0.25) is 0 Å². The van der Waals surface area contributed by atoms with Gasteiger partial charge in [-0.3, -0.25) is 4.79 Å². The van der Waals surface area contributed by atoms with E-state index in [-0.39, 0.29) is 23.2 Å². The second-order valence-corrected chi connectivity index (χ2v) is 10.5. The van der Waals surface area contributed by atoms with Crippen LogP contribution in [-0.4, -0.2) is 27.7 Å². The van der Waals surface area contributed by atoms with Crippen LogP contribution in [0.1, 0.15) is 79.1 Å². The topological polar surface area (TPSA) is 57.5 Å². The Morgan fingerprint density at radius 2 is 1.72 bits per heavy atom. The van der Waals surface area contributed by atoms with E-state index in [1.165, 1.54) is 12.8 Å². The average molecular weight is 349 g/mol. The summed E-state index contributed by atoms with van der Waals surface area (Å²) in [5, 5.41) is 21.6. The maximum Gasteiger partial charge on any atom is 0.162 e. The maximum absolute atomic E-state index is 12.4. The summed E-state index contributed by atoms with van der Waals surface area (Å²) in [6.07, 6.45) is 8.53. The van der Waals surface area contributed by atoms with Gasteiger partial charge in [-0.25, -0.2) is 0 Å². The fourth-order valence-corrected chi connectivity index (χ4v) is 8.33. The Balaban J connectivity index is 1.67. The highest BCUT2D eigenvalue weighted by atomic mass is 16.3. The Labute approximate surface area is 152 Å². The Hall–Kier alpha value is -0.410. The number of hydrogen-bond donors (Lipinski definition) is 2. The quantitative estimate of drug-likeness (QED) is 0.754. The molecule has 0 aliphatic heterocycles. The van der Waals surface area contributed by atoms with Gasteiger partial charge in [-0.15, -0.1) is 0 Å². The van der Waals surface area contributed by atoms with E-state index in [2.05, 4.69) is 20.8 Å². The van der Waals surface area contributed by atoms with E-state index >= 15 is 0 Å². The summed E-state index contributed by atoms with van der Waals surface area (Å²) in [7, 11) is 0. The first-order valence-corrected chi connectivity index (χ1v) is 10.6. The van der Waals surface area contributed by atoms with Gasteiger partial charge in [0.05, 0.1) is 6.10 Å². The third-order valence-electron chi connectivity index (χ3n) is 9.76. The molecule has 2 N–H and O–H groups in total. The van der Waals surface area contributed by atoms with E-state index in [0.717, 1.165) is 38.5 Å². The molecule has 4 fully saturated rings. The highest BCUT2D eigenvalue weighted by Gasteiger charge is 2.68. The largest absolute Gasteiger partial charge is 0.393 e. The summed E-state index contributed by atoms with van der Waals surface area (Å²) < 4.78 is 0. The van der Waals surface area contributed by atoms with E-state index in [1.807, 2.05) is 0 Å². The van der Waals surface area contributed by atoms with Gasteiger partial charge in [0, 0.05) is 5.41 Å². The highest BCUT2D eigenvalue weighted by molar-refractivity contribution is 5.86. The summed E-state index contributed by atoms with van der Waals surface area (Å²) in [6, 6.07) is 0. The zero-order valence-electron chi connectivity index (χ0n) is 16.4. The highest BCUT2D eigenvalue weighted by Crippen LogP contribution is 2.69. The molecule has 3 heteroatoms. The fourth-order valence-electron chi connectivity index (χ4n) is 8.33. The maximum atomic E-state index is 12.4. The molecule has 0 aromatic rings. The van der Waals surface area contributed by atoms with Crippen LogP contribution in [0.25, 0.3) is 0 Å². The molecular weight excluding hydrogens is 312 g/mol. The first-order valence-electron chi connectivity index (χ1n) is 10.6. The second-order valence-electron chi connectivity index (χ2n) is 10.5. The van der Waals surface area contributed by atoms with Crippen LogP contribution in [0.4, 0.5) is 0 Å². The number of rotatable bonds is 1. The van der Waals surface area contributed by atoms with Crippen molar-refractivity contribution < 1.29 is 15.0 Å². The minimum absolute atomic E-state index is 0.0239. The van der Waals surface area contributed by atoms with Crippen molar-refractivity contribution in [3.63, 3.8) is 0 Å². The van der Waals surface area contributed by atoms with Crippen LogP contribution in [0.3, 0.4) is 0 Å². The Bertz CT molecular complexity index is 574. The number of carbonyl (C=O) groups excluding carboxylic acids is 1. The van der Waals surface area contributed by atoms with Gasteiger partial charge in [-0.05, 0) is 93.3 Å². The minimum Gasteiger partial charge on any atom is -0.393 e. The summed E-state index contributed by atoms with van der Waals surface area (Å²) in [6.45, 7) is 8.37. The van der Waals surface area contributed by atoms with Crippen LogP contribution in [-0.2, 0) is 4.79 Å². The summed E-state index contributed by atoms with van der Waals surface area (Å²) in [5.74, 6) is 2.53. The molecule has 0 amide bonds. The van der Waals surface area contributed by atoms with Crippen molar-refractivity contribution in [2.75, 3.05) is 0 Å². The number of fused-ring (bicyclic) bond motifs is 5. The van der Waals surface area contributed by atoms with Crippen molar-refractivity contribution in [3.05, 3.63) is 0 Å². The Morgan fingerprint density at radius 3 is 2.40 bits per heavy atom. The molecule has 0 aromatic heterocycles. The molecule has 142 valence electrons. The van der Waals surface area contributed by atoms with Crippen molar-refractivity contribution in [2.24, 2.45) is 40.4 Å². The smallest absolute Gasteiger partial charge is 0.162 e. The standard InChI is InChI=1S/C22H36O3/c1-13-11-19-17-6-5-15-12-16(24)7-9-20(15,3)18(17)8-10-21(19,4)22(13,25)14(2)23/h13,15-19,24-25H,5-12H2,1-4H3/t13?,15-,16?,17?,18?,19?,20?,21?,22-/m0/s1. The zero-order valence-corrected chi connectivity index (χ0v) is 16.4. The molecule has 9 atom stereocenters. The Morgan fingerprint density at radius 1 is 1.00 bits per heavy atom. The van der Waals surface area contributed by atoms with Crippen LogP contribution < -0.4 is 0 Å². The van der Waals surface area contributed by atoms with Crippen LogP contribution in [0.15, 0.2) is 0 Å². The molecule has 7 unspecified atom stereocenters. The van der Waals surface area contributed by atoms with Crippen LogP contribution >= 0.6 is 0 Å². The van der Waals surface area contributed by atoms with E-state index in [4.69, 9.17) is 0 Å². The number of aliphatic hydroxyl groups excluding tert-OH is 1. The lowest BCUT2D eigenvalue weighted by Gasteiger charge is -2.61. The number of ketones is 1. The summed E-state index contributed by atoms with van der Waals surface area (Å²) in [4.78, 5) is 12.4. The molecule has 25 heavy (non-hydrogen) atoms. The van der Waals surface area contributed by atoms with Gasteiger partial charge in [0.25, 0.3) is 0 Å². The lowest BCUT2D eigenvalue weighted by atomic mass is 9.44. The van der Waals surface area contributed by atoms with Crippen molar-refractivity contribution >= 4 is 5.78 Å². The third kappa shape index (κ3) is 2.15. The molecule has 4 saturated carbocycles. The molecule has 3 nitrogen and oxygen atoms in total. The fraction of sp³-hybridized carbons (Fsp3) is 0.955. The van der Waals surface area contributed by atoms with Gasteiger partial charge in [0.2, 0.25) is 0 Å². The SMILES string of the molecule is CC(=O)[C@@]1(O)C(C)CC2C3CC[C@H]4CC(O)CCC4(C)C3CCC21C. The van der Waals surface area contributed by atoms with Crippen molar-refractivity contribution in [2.45, 2.75) is 90.8 Å². The van der Waals surface area contributed by atoms with Gasteiger partial charge >= 0.3 is 0 Å². The molecule has 0 radical (unpaired) electrons. The summed E-state index contributed by atoms with van der Waals surface area (Å²) >= 11 is 0. The molecule has 4 aliphatic rings. The zero-order chi connectivity index (χ0) is 18.2. The van der Waals surface area contributed by atoms with E-state index in [9.17, 15) is 15.0 Å². The predicted molar refractivity (Wildman–Crippen MR) is 97.9 cm³/mol. The number of hydrogen-bond acceptors (Lipinski definition) is 3. The molecule has 0 heterocycles. The van der Waals surface area contributed by atoms with Gasteiger partial charge in [-0.2, -0.15) is 0 Å². The number of aliphatic hydroxyl groups is 2. The minimum atomic E-state index is -1.14. The van der Waals surface area contributed by atoms with E-state index < -0.39 is 5.60 Å². The third-order valence-corrected chi connectivity index (χ3v) is 9.76. The lowest BCUT2D eigenvalue weighted by molar-refractivity contribution is -0.175. The average Bonchev–Trinajstić information content (AvgIpc) is 2.77. The van der Waals surface area contributed by atoms with E-state index in [1.54, 1.807) is 6.92 Å². The molecule has 0 aromatic carbocycles. The van der Waals surface area contributed by atoms with Crippen LogP contribution in [0.5, 0.6) is 0 Å². The number of Topliss-reactive ketones (excluding diaryl/α,β-unsaturated/α-hetero) is 1. The number of carbonyl (C=O) groups is 1. The molecular formula is C22H36O3. The summed E-state index contributed by atoms with van der Waals surface area (Å²) in [5.41, 5.74) is -1.04. The van der Waals surface area contributed by atoms with Gasteiger partial charge < -0.3 is 10.2 Å². The molecule has 4 aliphatic carbocycles. The monoisotopic (exact) mass is 348 g/mol. The first kappa shape index (κ1) is 18.0. The lowest BCUT2D eigenvalue weighted by Crippen LogP contribution is -2.59. The molecule has 4 rings (SSSR count). The second kappa shape index (κ2) is 5.55. The van der Waals surface area contributed by atoms with Crippen LogP contribution in [0, 0.1) is 40.4 Å². The predicted octanol–water partition coefficient (Wildman–Crippen LogP) is 3.96. The van der Waals surface area contributed by atoms with Crippen molar-refractivity contribution in [3.8, 4) is 0 Å². The van der Waals surface area contributed by atoms with Crippen molar-refractivity contribution in [1.82, 2.24) is 0 Å². The van der Waals surface area contributed by atoms with E-state index in [0.29, 0.717) is 29.1 Å².